The van der Waals surface area contributed by atoms with Crippen LogP contribution in [0.5, 0.6) is 11.5 Å². The van der Waals surface area contributed by atoms with Gasteiger partial charge in [-0.3, -0.25) is 9.59 Å². The van der Waals surface area contributed by atoms with Gasteiger partial charge in [0.05, 0.1) is 13.2 Å². The number of amides is 1. The SMILES string of the molecule is COc1cc(-c2nnc(CCC(=O)NCC3CCCO3)c(=O)[nH]2)ccc1OCc1ccccc1Cl. The van der Waals surface area contributed by atoms with Crippen molar-refractivity contribution in [2.75, 3.05) is 20.3 Å². The van der Waals surface area contributed by atoms with Gasteiger partial charge in [0.2, 0.25) is 5.91 Å². The first-order valence-electron chi connectivity index (χ1n) is 11.4. The number of benzene rings is 2. The van der Waals surface area contributed by atoms with Gasteiger partial charge in [-0.25, -0.2) is 0 Å². The minimum atomic E-state index is -0.389. The second-order valence-corrected chi connectivity index (χ2v) is 8.54. The van der Waals surface area contributed by atoms with Gasteiger partial charge in [0.25, 0.3) is 5.56 Å². The summed E-state index contributed by atoms with van der Waals surface area (Å²) in [6.45, 7) is 1.50. The maximum Gasteiger partial charge on any atom is 0.273 e. The van der Waals surface area contributed by atoms with Gasteiger partial charge in [0, 0.05) is 42.1 Å². The van der Waals surface area contributed by atoms with E-state index < -0.39 is 0 Å². The molecule has 4 rings (SSSR count). The van der Waals surface area contributed by atoms with Gasteiger partial charge < -0.3 is 24.5 Å². The van der Waals surface area contributed by atoms with E-state index in [1.54, 1.807) is 24.3 Å². The molecule has 184 valence electrons. The number of H-pyrrole nitrogens is 1. The van der Waals surface area contributed by atoms with Crippen LogP contribution in [-0.2, 0) is 22.6 Å². The van der Waals surface area contributed by atoms with Crippen molar-refractivity contribution in [3.8, 4) is 22.9 Å². The molecule has 1 aliphatic heterocycles. The standard InChI is InChI=1S/C25H27ClN4O5/c1-33-22-13-16(8-10-21(22)35-15-17-5-2-3-7-19(17)26)24-28-25(32)20(29-30-24)9-11-23(31)27-14-18-6-4-12-34-18/h2-3,5,7-8,10,13,18H,4,6,9,11-12,14-15H2,1H3,(H,27,31)(H,28,30,32). The highest BCUT2D eigenvalue weighted by Crippen LogP contribution is 2.32. The number of hydrogen-bond donors (Lipinski definition) is 2. The summed E-state index contributed by atoms with van der Waals surface area (Å²) in [5.41, 5.74) is 1.27. The Morgan fingerprint density at radius 1 is 1.23 bits per heavy atom. The van der Waals surface area contributed by atoms with Crippen LogP contribution in [0.25, 0.3) is 11.4 Å². The lowest BCUT2D eigenvalue weighted by atomic mass is 10.2. The largest absolute Gasteiger partial charge is 0.493 e. The van der Waals surface area contributed by atoms with Crippen LogP contribution in [0.2, 0.25) is 5.02 Å². The second kappa shape index (κ2) is 11.8. The average molecular weight is 499 g/mol. The highest BCUT2D eigenvalue weighted by Gasteiger charge is 2.17. The lowest BCUT2D eigenvalue weighted by molar-refractivity contribution is -0.121. The summed E-state index contributed by atoms with van der Waals surface area (Å²) >= 11 is 6.19. The molecule has 1 aromatic heterocycles. The lowest BCUT2D eigenvalue weighted by Crippen LogP contribution is -2.32. The van der Waals surface area contributed by atoms with E-state index in [4.69, 9.17) is 25.8 Å². The predicted molar refractivity (Wildman–Crippen MR) is 131 cm³/mol. The number of carbonyl (C=O) groups excluding carboxylic acids is 1. The lowest BCUT2D eigenvalue weighted by Gasteiger charge is -2.13. The number of halogens is 1. The zero-order valence-electron chi connectivity index (χ0n) is 19.4. The van der Waals surface area contributed by atoms with E-state index in [-0.39, 0.29) is 48.5 Å². The summed E-state index contributed by atoms with van der Waals surface area (Å²) in [6.07, 6.45) is 2.38. The molecule has 0 radical (unpaired) electrons. The van der Waals surface area contributed by atoms with Crippen LogP contribution in [0.1, 0.15) is 30.5 Å². The average Bonchev–Trinajstić information content (AvgIpc) is 3.40. The van der Waals surface area contributed by atoms with Crippen LogP contribution >= 0.6 is 11.6 Å². The first-order chi connectivity index (χ1) is 17.0. The minimum absolute atomic E-state index is 0.0753. The molecule has 2 heterocycles. The van der Waals surface area contributed by atoms with Gasteiger partial charge in [-0.1, -0.05) is 29.8 Å². The normalized spacial score (nSPS) is 15.1. The molecule has 1 amide bonds. The number of aromatic nitrogens is 3. The first-order valence-corrected chi connectivity index (χ1v) is 11.8. The third-order valence-corrected chi connectivity index (χ3v) is 6.05. The van der Waals surface area contributed by atoms with Crippen LogP contribution < -0.4 is 20.3 Å². The topological polar surface area (TPSA) is 115 Å². The van der Waals surface area contributed by atoms with Crippen molar-refractivity contribution < 1.29 is 19.0 Å². The van der Waals surface area contributed by atoms with Gasteiger partial charge in [-0.05, 0) is 37.1 Å². The molecule has 35 heavy (non-hydrogen) atoms. The zero-order chi connectivity index (χ0) is 24.6. The third-order valence-electron chi connectivity index (χ3n) is 5.68. The number of nitrogens with zero attached hydrogens (tertiary/aromatic N) is 2. The Morgan fingerprint density at radius 3 is 2.83 bits per heavy atom. The van der Waals surface area contributed by atoms with E-state index in [1.165, 1.54) is 7.11 Å². The van der Waals surface area contributed by atoms with E-state index in [2.05, 4.69) is 20.5 Å². The molecule has 1 saturated heterocycles. The molecule has 1 unspecified atom stereocenters. The number of carbonyl (C=O) groups is 1. The summed E-state index contributed by atoms with van der Waals surface area (Å²) in [6, 6.07) is 12.6. The molecule has 2 aromatic carbocycles. The fourth-order valence-electron chi connectivity index (χ4n) is 3.71. The maximum absolute atomic E-state index is 12.5. The van der Waals surface area contributed by atoms with Crippen molar-refractivity contribution in [3.05, 3.63) is 69.1 Å². The Kier molecular flexibility index (Phi) is 8.33. The predicted octanol–water partition coefficient (Wildman–Crippen LogP) is 3.30. The summed E-state index contributed by atoms with van der Waals surface area (Å²) in [5.74, 6) is 1.14. The molecule has 0 spiro atoms. The Labute approximate surface area is 207 Å². The van der Waals surface area contributed by atoms with Crippen LogP contribution in [0.3, 0.4) is 0 Å². The fraction of sp³-hybridized carbons (Fsp3) is 0.360. The van der Waals surface area contributed by atoms with E-state index in [1.807, 2.05) is 18.2 Å². The molecule has 0 bridgehead atoms. The van der Waals surface area contributed by atoms with E-state index in [0.29, 0.717) is 28.6 Å². The molecule has 0 aliphatic carbocycles. The molecule has 10 heteroatoms. The van der Waals surface area contributed by atoms with Crippen LogP contribution in [0.4, 0.5) is 0 Å². The quantitative estimate of drug-likeness (QED) is 0.440. The molecule has 1 fully saturated rings. The van der Waals surface area contributed by atoms with Gasteiger partial charge in [-0.2, -0.15) is 0 Å². The van der Waals surface area contributed by atoms with Crippen LogP contribution in [0.15, 0.2) is 47.3 Å². The third kappa shape index (κ3) is 6.58. The van der Waals surface area contributed by atoms with Crippen molar-refractivity contribution >= 4 is 17.5 Å². The molecular weight excluding hydrogens is 472 g/mol. The van der Waals surface area contributed by atoms with Gasteiger partial charge in [0.1, 0.15) is 12.3 Å². The van der Waals surface area contributed by atoms with E-state index in [9.17, 15) is 9.59 Å². The number of rotatable bonds is 10. The van der Waals surface area contributed by atoms with Crippen molar-refractivity contribution in [2.45, 2.75) is 38.4 Å². The number of aryl methyl sites for hydroxylation is 1. The van der Waals surface area contributed by atoms with E-state index in [0.717, 1.165) is 25.0 Å². The first kappa shape index (κ1) is 24.7. The number of nitrogens with one attached hydrogen (secondary N) is 2. The summed E-state index contributed by atoms with van der Waals surface area (Å²) < 4.78 is 16.8. The highest BCUT2D eigenvalue weighted by atomic mass is 35.5. The van der Waals surface area contributed by atoms with E-state index >= 15 is 0 Å². The van der Waals surface area contributed by atoms with Crippen molar-refractivity contribution in [3.63, 3.8) is 0 Å². The smallest absolute Gasteiger partial charge is 0.273 e. The zero-order valence-corrected chi connectivity index (χ0v) is 20.1. The van der Waals surface area contributed by atoms with Crippen LogP contribution in [-0.4, -0.2) is 47.5 Å². The monoisotopic (exact) mass is 498 g/mol. The van der Waals surface area contributed by atoms with Crippen molar-refractivity contribution in [1.82, 2.24) is 20.5 Å². The molecule has 3 aromatic rings. The number of hydrogen-bond acceptors (Lipinski definition) is 7. The van der Waals surface area contributed by atoms with Gasteiger partial charge in [-0.15, -0.1) is 10.2 Å². The summed E-state index contributed by atoms with van der Waals surface area (Å²) in [7, 11) is 1.53. The number of aromatic amines is 1. The molecule has 9 nitrogen and oxygen atoms in total. The Morgan fingerprint density at radius 2 is 2.09 bits per heavy atom. The fourth-order valence-corrected chi connectivity index (χ4v) is 3.90. The Balaban J connectivity index is 1.37. The van der Waals surface area contributed by atoms with Crippen LogP contribution in [0, 0.1) is 0 Å². The molecular formula is C25H27ClN4O5. The molecule has 1 atom stereocenters. The van der Waals surface area contributed by atoms with Gasteiger partial charge >= 0.3 is 0 Å². The van der Waals surface area contributed by atoms with Crippen molar-refractivity contribution in [2.24, 2.45) is 0 Å². The highest BCUT2D eigenvalue weighted by molar-refractivity contribution is 6.31. The minimum Gasteiger partial charge on any atom is -0.493 e. The maximum atomic E-state index is 12.5. The Hall–Kier alpha value is -3.43. The van der Waals surface area contributed by atoms with Crippen molar-refractivity contribution in [1.29, 1.82) is 0 Å². The second-order valence-electron chi connectivity index (χ2n) is 8.13. The number of ether oxygens (including phenoxy) is 3. The Bertz CT molecular complexity index is 1230. The van der Waals surface area contributed by atoms with Gasteiger partial charge in [0.15, 0.2) is 17.3 Å². The number of methoxy groups -OCH3 is 1. The summed E-state index contributed by atoms with van der Waals surface area (Å²) in [4.78, 5) is 27.3. The molecule has 1 aliphatic rings. The summed E-state index contributed by atoms with van der Waals surface area (Å²) in [5, 5.41) is 11.6. The molecule has 0 saturated carbocycles. The molecule has 2 N–H and O–H groups in total.